The molecule has 0 spiro atoms. The molecule has 1 aromatic rings. The first kappa shape index (κ1) is 15.8. The zero-order valence-electron chi connectivity index (χ0n) is 11.7. The Morgan fingerprint density at radius 3 is 2.75 bits per heavy atom. The summed E-state index contributed by atoms with van der Waals surface area (Å²) < 4.78 is 12.8. The fraction of sp³-hybridized carbons (Fsp3) is 0.600. The second kappa shape index (κ2) is 8.62. The van der Waals surface area contributed by atoms with Crippen LogP contribution in [-0.4, -0.2) is 54.6 Å². The predicted octanol–water partition coefficient (Wildman–Crippen LogP) is 1.96. The van der Waals surface area contributed by atoms with E-state index in [-0.39, 0.29) is 12.4 Å². The van der Waals surface area contributed by atoms with Gasteiger partial charge in [0.2, 0.25) is 0 Å². The van der Waals surface area contributed by atoms with E-state index >= 15 is 0 Å². The molecule has 1 unspecified atom stereocenters. The van der Waals surface area contributed by atoms with E-state index in [4.69, 9.17) is 5.11 Å². The Balaban J connectivity index is 1.72. The Morgan fingerprint density at radius 2 is 2.10 bits per heavy atom. The van der Waals surface area contributed by atoms with Crippen LogP contribution in [0.15, 0.2) is 29.2 Å². The van der Waals surface area contributed by atoms with Crippen LogP contribution >= 0.6 is 11.8 Å². The molecule has 1 atom stereocenters. The van der Waals surface area contributed by atoms with Crippen molar-refractivity contribution in [2.24, 2.45) is 0 Å². The molecule has 0 radical (unpaired) electrons. The number of aliphatic hydroxyl groups is 1. The average molecular weight is 298 g/mol. The Morgan fingerprint density at radius 1 is 1.30 bits per heavy atom. The topological polar surface area (TPSA) is 35.5 Å². The third-order valence-corrected chi connectivity index (χ3v) is 4.54. The van der Waals surface area contributed by atoms with Crippen molar-refractivity contribution in [2.75, 3.05) is 38.5 Å². The molecule has 0 bridgehead atoms. The lowest BCUT2D eigenvalue weighted by Crippen LogP contribution is -2.40. The largest absolute Gasteiger partial charge is 0.395 e. The number of benzene rings is 1. The molecule has 1 fully saturated rings. The summed E-state index contributed by atoms with van der Waals surface area (Å²) in [6, 6.07) is 7.19. The maximum absolute atomic E-state index is 12.8. The summed E-state index contributed by atoms with van der Waals surface area (Å²) in [7, 11) is 0. The summed E-state index contributed by atoms with van der Waals surface area (Å²) in [6.45, 7) is 3.99. The van der Waals surface area contributed by atoms with Crippen molar-refractivity contribution in [3.05, 3.63) is 30.1 Å². The lowest BCUT2D eigenvalue weighted by atomic mass is 10.2. The summed E-state index contributed by atoms with van der Waals surface area (Å²) in [6.07, 6.45) is 2.48. The van der Waals surface area contributed by atoms with Crippen LogP contribution in [0.1, 0.15) is 12.8 Å². The van der Waals surface area contributed by atoms with Gasteiger partial charge < -0.3 is 10.4 Å². The van der Waals surface area contributed by atoms with Gasteiger partial charge in [-0.1, -0.05) is 0 Å². The summed E-state index contributed by atoms with van der Waals surface area (Å²) in [5.74, 6) is 0.766. The minimum Gasteiger partial charge on any atom is -0.395 e. The first-order chi connectivity index (χ1) is 9.78. The number of nitrogens with zero attached hydrogens (tertiary/aromatic N) is 1. The van der Waals surface area contributed by atoms with E-state index in [1.807, 2.05) is 12.1 Å². The molecule has 1 aromatic carbocycles. The van der Waals surface area contributed by atoms with Crippen LogP contribution in [0.5, 0.6) is 0 Å². The monoisotopic (exact) mass is 298 g/mol. The molecule has 0 amide bonds. The summed E-state index contributed by atoms with van der Waals surface area (Å²) >= 11 is 1.73. The van der Waals surface area contributed by atoms with Crippen molar-refractivity contribution in [1.82, 2.24) is 10.2 Å². The van der Waals surface area contributed by atoms with Crippen LogP contribution in [0, 0.1) is 5.82 Å². The van der Waals surface area contributed by atoms with Gasteiger partial charge in [-0.25, -0.2) is 4.39 Å². The second-order valence-corrected chi connectivity index (χ2v) is 6.29. The summed E-state index contributed by atoms with van der Waals surface area (Å²) in [4.78, 5) is 3.40. The number of nitrogens with one attached hydrogen (secondary N) is 1. The van der Waals surface area contributed by atoms with Gasteiger partial charge in [0.25, 0.3) is 0 Å². The molecule has 0 saturated carbocycles. The maximum atomic E-state index is 12.8. The minimum absolute atomic E-state index is 0.191. The van der Waals surface area contributed by atoms with Crippen molar-refractivity contribution in [3.63, 3.8) is 0 Å². The van der Waals surface area contributed by atoms with Gasteiger partial charge in [-0.15, -0.1) is 11.8 Å². The maximum Gasteiger partial charge on any atom is 0.123 e. The summed E-state index contributed by atoms with van der Waals surface area (Å²) in [5, 5.41) is 12.6. The molecule has 2 rings (SSSR count). The zero-order valence-corrected chi connectivity index (χ0v) is 12.5. The van der Waals surface area contributed by atoms with Crippen LogP contribution < -0.4 is 5.32 Å². The van der Waals surface area contributed by atoms with Crippen LogP contribution in [-0.2, 0) is 0 Å². The number of hydrogen-bond acceptors (Lipinski definition) is 4. The molecule has 1 saturated heterocycles. The molecule has 0 aromatic heterocycles. The Bertz CT molecular complexity index is 382. The van der Waals surface area contributed by atoms with E-state index in [0.29, 0.717) is 6.04 Å². The molecular weight excluding hydrogens is 275 g/mol. The SMILES string of the molecule is OCCN(CCSc1ccc(F)cc1)CC1CCCN1. The van der Waals surface area contributed by atoms with Crippen LogP contribution in [0.3, 0.4) is 0 Å². The number of thioether (sulfide) groups is 1. The molecule has 1 heterocycles. The van der Waals surface area contributed by atoms with E-state index in [1.165, 1.54) is 25.0 Å². The van der Waals surface area contributed by atoms with E-state index in [2.05, 4.69) is 10.2 Å². The molecule has 1 aliphatic rings. The van der Waals surface area contributed by atoms with Gasteiger partial charge in [0.1, 0.15) is 5.82 Å². The van der Waals surface area contributed by atoms with Crippen molar-refractivity contribution in [2.45, 2.75) is 23.8 Å². The lowest BCUT2D eigenvalue weighted by Gasteiger charge is -2.24. The Hall–Kier alpha value is -0.620. The van der Waals surface area contributed by atoms with E-state index < -0.39 is 0 Å². The standard InChI is InChI=1S/C15H23FN2OS/c16-13-3-5-15(6-4-13)20-11-9-18(8-10-19)12-14-2-1-7-17-14/h3-6,14,17,19H,1-2,7-12H2. The van der Waals surface area contributed by atoms with Crippen molar-refractivity contribution in [1.29, 1.82) is 0 Å². The van der Waals surface area contributed by atoms with Gasteiger partial charge in [-0.2, -0.15) is 0 Å². The average Bonchev–Trinajstić information content (AvgIpc) is 2.94. The fourth-order valence-corrected chi connectivity index (χ4v) is 3.40. The van der Waals surface area contributed by atoms with Crippen molar-refractivity contribution < 1.29 is 9.50 Å². The van der Waals surface area contributed by atoms with Gasteiger partial charge in [-0.05, 0) is 43.7 Å². The van der Waals surface area contributed by atoms with Crippen molar-refractivity contribution in [3.8, 4) is 0 Å². The smallest absolute Gasteiger partial charge is 0.123 e. The fourth-order valence-electron chi connectivity index (χ4n) is 2.48. The molecular formula is C15H23FN2OS. The third kappa shape index (κ3) is 5.40. The first-order valence-corrected chi connectivity index (χ1v) is 8.21. The highest BCUT2D eigenvalue weighted by Crippen LogP contribution is 2.18. The molecule has 20 heavy (non-hydrogen) atoms. The Labute approximate surface area is 124 Å². The second-order valence-electron chi connectivity index (χ2n) is 5.12. The Kier molecular flexibility index (Phi) is 6.79. The van der Waals surface area contributed by atoms with Crippen molar-refractivity contribution >= 4 is 11.8 Å². The van der Waals surface area contributed by atoms with Crippen LogP contribution in [0.25, 0.3) is 0 Å². The normalized spacial score (nSPS) is 18.9. The highest BCUT2D eigenvalue weighted by molar-refractivity contribution is 7.99. The van der Waals surface area contributed by atoms with Gasteiger partial charge in [0, 0.05) is 36.3 Å². The molecule has 2 N–H and O–H groups in total. The molecule has 1 aliphatic heterocycles. The number of rotatable bonds is 8. The predicted molar refractivity (Wildman–Crippen MR) is 81.7 cm³/mol. The van der Waals surface area contributed by atoms with Crippen LogP contribution in [0.4, 0.5) is 4.39 Å². The number of halogens is 1. The van der Waals surface area contributed by atoms with E-state index in [1.54, 1.807) is 11.8 Å². The highest BCUT2D eigenvalue weighted by Gasteiger charge is 2.17. The van der Waals surface area contributed by atoms with Crippen LogP contribution in [0.2, 0.25) is 0 Å². The van der Waals surface area contributed by atoms with E-state index in [0.717, 1.165) is 36.8 Å². The number of aliphatic hydroxyl groups excluding tert-OH is 1. The van der Waals surface area contributed by atoms with Gasteiger partial charge in [0.05, 0.1) is 6.61 Å². The van der Waals surface area contributed by atoms with Gasteiger partial charge >= 0.3 is 0 Å². The van der Waals surface area contributed by atoms with Gasteiger partial charge in [-0.3, -0.25) is 4.90 Å². The number of hydrogen-bond donors (Lipinski definition) is 2. The minimum atomic E-state index is -0.191. The highest BCUT2D eigenvalue weighted by atomic mass is 32.2. The van der Waals surface area contributed by atoms with Gasteiger partial charge in [0.15, 0.2) is 0 Å². The quantitative estimate of drug-likeness (QED) is 0.719. The zero-order chi connectivity index (χ0) is 14.2. The lowest BCUT2D eigenvalue weighted by molar-refractivity contribution is 0.192. The molecule has 0 aliphatic carbocycles. The summed E-state index contributed by atoms with van der Waals surface area (Å²) in [5.41, 5.74) is 0. The third-order valence-electron chi connectivity index (χ3n) is 3.55. The molecule has 5 heteroatoms. The first-order valence-electron chi connectivity index (χ1n) is 7.23. The molecule has 3 nitrogen and oxygen atoms in total. The van der Waals surface area contributed by atoms with E-state index in [9.17, 15) is 4.39 Å². The molecule has 112 valence electrons.